The fourth-order valence-electron chi connectivity index (χ4n) is 9.69. The van der Waals surface area contributed by atoms with Crippen molar-refractivity contribution in [3.8, 4) is 18.1 Å². The molecular formula is C44H64N6O8S. The Kier molecular flexibility index (Phi) is 14.0. The number of likely N-dealkylation sites (tertiary alicyclic amines) is 1. The Bertz CT molecular complexity index is 1910. The molecule has 2 saturated carbocycles. The van der Waals surface area contributed by atoms with Crippen LogP contribution in [0, 0.1) is 40.4 Å². The number of benzene rings is 1. The van der Waals surface area contributed by atoms with Gasteiger partial charge in [-0.25, -0.2) is 13.2 Å². The topological polar surface area (TPSA) is 183 Å². The third-order valence-corrected chi connectivity index (χ3v) is 15.6. The first-order valence-corrected chi connectivity index (χ1v) is 22.4. The van der Waals surface area contributed by atoms with E-state index in [4.69, 9.17) is 11.2 Å². The van der Waals surface area contributed by atoms with Gasteiger partial charge in [-0.05, 0) is 71.5 Å². The number of nitrogens with zero attached hydrogens (tertiary/aromatic N) is 2. The van der Waals surface area contributed by atoms with Crippen molar-refractivity contribution in [2.75, 3.05) is 26.7 Å². The number of Topliss-reactive ketones (excluding diaryl/α,β-unsaturated/α-hetero) is 1. The number of hydrogen-bond acceptors (Lipinski definition) is 8. The first-order chi connectivity index (χ1) is 27.7. The predicted octanol–water partition coefficient (Wildman–Crippen LogP) is 3.90. The third kappa shape index (κ3) is 9.80. The molecule has 59 heavy (non-hydrogen) atoms. The zero-order valence-corrected chi connectivity index (χ0v) is 36.6. The van der Waals surface area contributed by atoms with E-state index in [1.54, 1.807) is 24.1 Å². The number of methoxy groups -OCH3 is 1. The smallest absolute Gasteiger partial charge is 0.315 e. The van der Waals surface area contributed by atoms with Crippen LogP contribution in [0.5, 0.6) is 5.75 Å². The average molecular weight is 837 g/mol. The van der Waals surface area contributed by atoms with Gasteiger partial charge in [0.2, 0.25) is 27.6 Å². The fourth-order valence-corrected chi connectivity index (χ4v) is 12.0. The lowest BCUT2D eigenvalue weighted by Crippen LogP contribution is -2.64. The Morgan fingerprint density at radius 3 is 2.29 bits per heavy atom. The maximum Gasteiger partial charge on any atom is 0.315 e. The molecule has 0 bridgehead atoms. The third-order valence-electron chi connectivity index (χ3n) is 13.3. The van der Waals surface area contributed by atoms with Gasteiger partial charge in [-0.2, -0.15) is 4.31 Å². The molecule has 2 heterocycles. The van der Waals surface area contributed by atoms with Gasteiger partial charge in [0, 0.05) is 32.6 Å². The maximum absolute atomic E-state index is 15.0. The van der Waals surface area contributed by atoms with E-state index in [-0.39, 0.29) is 49.7 Å². The molecule has 1 unspecified atom stereocenters. The Labute approximate surface area is 350 Å². The number of amides is 5. The highest BCUT2D eigenvalue weighted by atomic mass is 32.2. The van der Waals surface area contributed by atoms with E-state index in [1.165, 1.54) is 10.4 Å². The van der Waals surface area contributed by atoms with Crippen LogP contribution >= 0.6 is 0 Å². The molecule has 2 aliphatic heterocycles. The normalized spacial score (nSPS) is 25.6. The van der Waals surface area contributed by atoms with Gasteiger partial charge in [-0.15, -0.1) is 18.9 Å². The molecule has 5 rings (SSSR count). The predicted molar refractivity (Wildman–Crippen MR) is 225 cm³/mol. The Morgan fingerprint density at radius 1 is 1.03 bits per heavy atom. The summed E-state index contributed by atoms with van der Waals surface area (Å²) in [4.78, 5) is 71.0. The number of hydrogen-bond donors (Lipinski definition) is 4. The first kappa shape index (κ1) is 45.7. The molecule has 5 amide bonds. The van der Waals surface area contributed by atoms with Gasteiger partial charge in [-0.3, -0.25) is 19.2 Å². The first-order valence-electron chi connectivity index (χ1n) is 20.9. The SMILES string of the molecule is C#CCCC(NC(=O)[C@@H]1[C@@H]2[C@H](CN1C(=O)[C@@H](NC(=O)N[C@H]([C@H]1CCN(Cc3ccc(OC)cc3)S1(=O)=O)C(C)(C)C)C1(C)CCCCC1)C2(C)C)C(=O)C(=O)NCC=C. The zero-order chi connectivity index (χ0) is 43.5. The van der Waals surface area contributed by atoms with Crippen LogP contribution in [-0.4, -0.2) is 103 Å². The van der Waals surface area contributed by atoms with Crippen molar-refractivity contribution in [2.45, 2.75) is 129 Å². The molecule has 7 atom stereocenters. The van der Waals surface area contributed by atoms with Crippen LogP contribution in [0.15, 0.2) is 36.9 Å². The van der Waals surface area contributed by atoms with E-state index in [0.717, 1.165) is 24.8 Å². The van der Waals surface area contributed by atoms with Crippen molar-refractivity contribution in [2.24, 2.45) is 28.1 Å². The lowest BCUT2D eigenvalue weighted by atomic mass is 9.70. The molecule has 324 valence electrons. The summed E-state index contributed by atoms with van der Waals surface area (Å²) < 4.78 is 34.9. The van der Waals surface area contributed by atoms with Crippen LogP contribution in [0.1, 0.15) is 98.5 Å². The summed E-state index contributed by atoms with van der Waals surface area (Å²) in [6.45, 7) is 16.1. The summed E-state index contributed by atoms with van der Waals surface area (Å²) >= 11 is 0. The van der Waals surface area contributed by atoms with Crippen molar-refractivity contribution >= 4 is 39.6 Å². The van der Waals surface area contributed by atoms with Gasteiger partial charge in [0.1, 0.15) is 17.8 Å². The van der Waals surface area contributed by atoms with Gasteiger partial charge in [0.25, 0.3) is 5.91 Å². The minimum absolute atomic E-state index is 0.00490. The van der Waals surface area contributed by atoms with Crippen molar-refractivity contribution in [3.63, 3.8) is 0 Å². The number of ketones is 1. The number of piperidine rings is 1. The largest absolute Gasteiger partial charge is 0.497 e. The van der Waals surface area contributed by atoms with Gasteiger partial charge in [0.15, 0.2) is 0 Å². The van der Waals surface area contributed by atoms with Crippen LogP contribution in [-0.2, 0) is 35.7 Å². The number of terminal acetylenes is 1. The van der Waals surface area contributed by atoms with Crippen molar-refractivity contribution < 1.29 is 37.1 Å². The number of sulfonamides is 1. The molecule has 15 heteroatoms. The van der Waals surface area contributed by atoms with Gasteiger partial charge < -0.3 is 30.9 Å². The lowest BCUT2D eigenvalue weighted by Gasteiger charge is -2.43. The highest BCUT2D eigenvalue weighted by Crippen LogP contribution is 2.65. The van der Waals surface area contributed by atoms with Gasteiger partial charge >= 0.3 is 6.03 Å². The summed E-state index contributed by atoms with van der Waals surface area (Å²) in [6, 6.07) is 2.59. The summed E-state index contributed by atoms with van der Waals surface area (Å²) in [5.74, 6) is 0.250. The molecule has 4 fully saturated rings. The minimum atomic E-state index is -3.85. The molecule has 0 aromatic heterocycles. The van der Waals surface area contributed by atoms with Gasteiger partial charge in [-0.1, -0.05) is 79.0 Å². The standard InChI is InChI=1S/C44H64N6O8S/c1-10-12-16-31(35(51)39(53)45-24-11-2)46-38(52)34-33-30(43(33,6)7)27-50(34)40(54)37(44(8)22-14-13-15-23-44)48-41(55)47-36(42(3,4)5)32-21-25-49(59(32,56)57)26-28-17-19-29(58-9)20-18-28/h1,11,17-20,30-34,36-37H,2,12-16,21-27H2,3-9H3,(H,45,53)(H,46,52)(H2,47,48,55)/t30-,31?,32+,33-,34-,36+,37+/m0/s1. The lowest BCUT2D eigenvalue weighted by molar-refractivity contribution is -0.146. The number of urea groups is 1. The molecule has 14 nitrogen and oxygen atoms in total. The van der Waals surface area contributed by atoms with Crippen molar-refractivity contribution in [3.05, 3.63) is 42.5 Å². The number of rotatable bonds is 16. The number of nitrogens with one attached hydrogen (secondary N) is 4. The second-order valence-corrected chi connectivity index (χ2v) is 20.9. The summed E-state index contributed by atoms with van der Waals surface area (Å²) in [6.07, 6.45) is 11.4. The quantitative estimate of drug-likeness (QED) is 0.110. The van der Waals surface area contributed by atoms with Crippen LogP contribution < -0.4 is 26.0 Å². The average Bonchev–Trinajstić information content (AvgIpc) is 3.43. The number of carbonyl (C=O) groups is 5. The molecular weight excluding hydrogens is 773 g/mol. The van der Waals surface area contributed by atoms with Crippen molar-refractivity contribution in [1.82, 2.24) is 30.5 Å². The molecule has 1 aromatic rings. The summed E-state index contributed by atoms with van der Waals surface area (Å²) in [5.41, 5.74) is -0.785. The van der Waals surface area contributed by atoms with E-state index < -0.39 is 79.8 Å². The monoisotopic (exact) mass is 836 g/mol. The number of ether oxygens (including phenoxy) is 1. The molecule has 0 radical (unpaired) electrons. The second-order valence-electron chi connectivity index (χ2n) is 18.7. The molecule has 2 aliphatic carbocycles. The molecule has 2 saturated heterocycles. The molecule has 4 aliphatic rings. The van der Waals surface area contributed by atoms with E-state index >= 15 is 4.79 Å². The highest BCUT2D eigenvalue weighted by molar-refractivity contribution is 7.90. The molecule has 1 aromatic carbocycles. The van der Waals surface area contributed by atoms with Gasteiger partial charge in [0.05, 0.1) is 24.4 Å². The minimum Gasteiger partial charge on any atom is -0.497 e. The van der Waals surface area contributed by atoms with E-state index in [9.17, 15) is 27.6 Å². The van der Waals surface area contributed by atoms with Crippen LogP contribution in [0.3, 0.4) is 0 Å². The summed E-state index contributed by atoms with van der Waals surface area (Å²) in [7, 11) is -2.28. The van der Waals surface area contributed by atoms with Crippen LogP contribution in [0.25, 0.3) is 0 Å². The van der Waals surface area contributed by atoms with Crippen LogP contribution in [0.4, 0.5) is 4.79 Å². The Hall–Kier alpha value is -4.42. The van der Waals surface area contributed by atoms with E-state index in [1.807, 2.05) is 53.7 Å². The van der Waals surface area contributed by atoms with E-state index in [0.29, 0.717) is 31.6 Å². The number of fused-ring (bicyclic) bond motifs is 1. The second kappa shape index (κ2) is 18.1. The van der Waals surface area contributed by atoms with E-state index in [2.05, 4.69) is 33.8 Å². The zero-order valence-electron chi connectivity index (χ0n) is 35.8. The summed E-state index contributed by atoms with van der Waals surface area (Å²) in [5, 5.41) is 10.4. The maximum atomic E-state index is 15.0. The number of carbonyl (C=O) groups excluding carboxylic acids is 5. The molecule has 0 spiro atoms. The Balaban J connectivity index is 1.38. The van der Waals surface area contributed by atoms with Crippen LogP contribution in [0.2, 0.25) is 0 Å². The molecule has 4 N–H and O–H groups in total. The highest BCUT2D eigenvalue weighted by Gasteiger charge is 2.70. The fraction of sp³-hybridized carbons (Fsp3) is 0.659. The Morgan fingerprint density at radius 2 is 1.69 bits per heavy atom. The van der Waals surface area contributed by atoms with Crippen molar-refractivity contribution in [1.29, 1.82) is 0 Å².